The second-order valence-electron chi connectivity index (χ2n) is 10.0. The maximum Gasteiger partial charge on any atom is 0.242 e. The second-order valence-corrected chi connectivity index (χ2v) is 11.0. The summed E-state index contributed by atoms with van der Waals surface area (Å²) in [5, 5.41) is 2.09. The molecule has 0 radical (unpaired) electrons. The molecule has 0 spiro atoms. The largest absolute Gasteiger partial charge is 0.491 e. The molecule has 1 aliphatic rings. The van der Waals surface area contributed by atoms with Gasteiger partial charge in [0.05, 0.1) is 6.04 Å². The molecule has 1 aromatic carbocycles. The smallest absolute Gasteiger partial charge is 0.242 e. The number of hydrogen-bond acceptors (Lipinski definition) is 4. The molecule has 2 aromatic rings. The number of fused-ring (bicyclic) bond motifs is 1. The number of carbonyl (C=O) groups is 2. The van der Waals surface area contributed by atoms with Crippen LogP contribution in [-0.4, -0.2) is 46.8 Å². The van der Waals surface area contributed by atoms with Gasteiger partial charge in [-0.05, 0) is 69.2 Å². The van der Waals surface area contributed by atoms with E-state index in [1.54, 1.807) is 16.2 Å². The molecule has 2 heterocycles. The molecular weight excluding hydrogens is 420 g/mol. The Morgan fingerprint density at radius 1 is 1.19 bits per heavy atom. The van der Waals surface area contributed by atoms with Crippen LogP contribution >= 0.6 is 11.3 Å². The van der Waals surface area contributed by atoms with Gasteiger partial charge in [0.2, 0.25) is 11.8 Å². The molecule has 174 valence electrons. The van der Waals surface area contributed by atoms with Crippen LogP contribution in [0.15, 0.2) is 35.7 Å². The van der Waals surface area contributed by atoms with Gasteiger partial charge in [0, 0.05) is 23.4 Å². The van der Waals surface area contributed by atoms with Crippen LogP contribution in [-0.2, 0) is 16.0 Å². The van der Waals surface area contributed by atoms with Gasteiger partial charge in [-0.1, -0.05) is 31.5 Å². The summed E-state index contributed by atoms with van der Waals surface area (Å²) in [6.07, 6.45) is 1.29. The van der Waals surface area contributed by atoms with E-state index in [0.717, 1.165) is 17.7 Å². The van der Waals surface area contributed by atoms with Crippen LogP contribution in [0.1, 0.15) is 63.1 Å². The molecule has 5 nitrogen and oxygen atoms in total. The molecule has 2 amide bonds. The van der Waals surface area contributed by atoms with Gasteiger partial charge >= 0.3 is 0 Å². The highest BCUT2D eigenvalue weighted by atomic mass is 32.1. The third-order valence-electron chi connectivity index (χ3n) is 5.83. The molecule has 0 fully saturated rings. The fourth-order valence-electron chi connectivity index (χ4n) is 4.07. The normalized spacial score (nSPS) is 16.1. The highest BCUT2D eigenvalue weighted by Gasteiger charge is 2.35. The number of thiophene rings is 1. The number of aryl methyl sites for hydroxylation is 1. The molecule has 0 saturated heterocycles. The minimum Gasteiger partial charge on any atom is -0.491 e. The fourth-order valence-corrected chi connectivity index (χ4v) is 5.00. The molecule has 0 unspecified atom stereocenters. The maximum atomic E-state index is 13.5. The van der Waals surface area contributed by atoms with Crippen molar-refractivity contribution in [2.24, 2.45) is 5.92 Å². The summed E-state index contributed by atoms with van der Waals surface area (Å²) < 4.78 is 6.11. The van der Waals surface area contributed by atoms with Crippen LogP contribution in [0.3, 0.4) is 0 Å². The first-order valence-corrected chi connectivity index (χ1v) is 12.3. The van der Waals surface area contributed by atoms with Crippen LogP contribution in [0.2, 0.25) is 0 Å². The molecule has 0 saturated carbocycles. The van der Waals surface area contributed by atoms with Gasteiger partial charge in [-0.15, -0.1) is 11.3 Å². The molecule has 6 heteroatoms. The van der Waals surface area contributed by atoms with E-state index in [9.17, 15) is 9.59 Å². The van der Waals surface area contributed by atoms with E-state index in [1.165, 1.54) is 10.4 Å². The van der Waals surface area contributed by atoms with Crippen molar-refractivity contribution >= 4 is 23.2 Å². The Kier molecular flexibility index (Phi) is 7.65. The first kappa shape index (κ1) is 24.3. The number of rotatable bonds is 7. The molecule has 0 bridgehead atoms. The lowest BCUT2D eigenvalue weighted by atomic mass is 9.99. The minimum absolute atomic E-state index is 0.0219. The fraction of sp³-hybridized carbons (Fsp3) is 0.538. The topological polar surface area (TPSA) is 49.9 Å². The molecule has 32 heavy (non-hydrogen) atoms. The Balaban J connectivity index is 1.79. The van der Waals surface area contributed by atoms with Crippen molar-refractivity contribution in [1.29, 1.82) is 0 Å². The van der Waals surface area contributed by atoms with Crippen molar-refractivity contribution in [3.8, 4) is 5.75 Å². The monoisotopic (exact) mass is 456 g/mol. The quantitative estimate of drug-likeness (QED) is 0.573. The Labute approximate surface area is 196 Å². The first-order chi connectivity index (χ1) is 15.1. The third kappa shape index (κ3) is 5.91. The molecule has 0 N–H and O–H groups in total. The number of nitrogens with zero attached hydrogens (tertiary/aromatic N) is 2. The van der Waals surface area contributed by atoms with Gasteiger partial charge in [0.25, 0.3) is 0 Å². The van der Waals surface area contributed by atoms with E-state index < -0.39 is 5.54 Å². The van der Waals surface area contributed by atoms with Crippen LogP contribution < -0.4 is 4.74 Å². The van der Waals surface area contributed by atoms with Crippen LogP contribution in [0, 0.1) is 12.8 Å². The molecular formula is C26H36N2O3S. The van der Waals surface area contributed by atoms with Crippen molar-refractivity contribution in [2.45, 2.75) is 66.0 Å². The van der Waals surface area contributed by atoms with Crippen molar-refractivity contribution in [1.82, 2.24) is 9.80 Å². The lowest BCUT2D eigenvalue weighted by Gasteiger charge is -2.40. The molecule has 0 aliphatic carbocycles. The predicted molar refractivity (Wildman–Crippen MR) is 130 cm³/mol. The number of benzene rings is 1. The highest BCUT2D eigenvalue weighted by Crippen LogP contribution is 2.34. The summed E-state index contributed by atoms with van der Waals surface area (Å²) >= 11 is 1.74. The van der Waals surface area contributed by atoms with Gasteiger partial charge in [-0.3, -0.25) is 9.59 Å². The van der Waals surface area contributed by atoms with Gasteiger partial charge in [-0.2, -0.15) is 0 Å². The Bertz CT molecular complexity index is 927. The van der Waals surface area contributed by atoms with Crippen LogP contribution in [0.25, 0.3) is 0 Å². The predicted octanol–water partition coefficient (Wildman–Crippen LogP) is 5.23. The summed E-state index contributed by atoms with van der Waals surface area (Å²) in [6, 6.07) is 9.93. The van der Waals surface area contributed by atoms with Gasteiger partial charge < -0.3 is 14.5 Å². The van der Waals surface area contributed by atoms with E-state index in [-0.39, 0.29) is 30.3 Å². The van der Waals surface area contributed by atoms with Crippen molar-refractivity contribution in [3.05, 3.63) is 51.7 Å². The van der Waals surface area contributed by atoms with E-state index in [2.05, 4.69) is 11.4 Å². The van der Waals surface area contributed by atoms with Crippen LogP contribution in [0.5, 0.6) is 5.75 Å². The van der Waals surface area contributed by atoms with Gasteiger partial charge in [-0.25, -0.2) is 0 Å². The van der Waals surface area contributed by atoms with Crippen molar-refractivity contribution in [3.63, 3.8) is 0 Å². The van der Waals surface area contributed by atoms with E-state index >= 15 is 0 Å². The average Bonchev–Trinajstić information content (AvgIpc) is 3.18. The van der Waals surface area contributed by atoms with E-state index in [1.807, 2.05) is 70.7 Å². The Morgan fingerprint density at radius 3 is 2.50 bits per heavy atom. The lowest BCUT2D eigenvalue weighted by Crippen LogP contribution is -2.53. The van der Waals surface area contributed by atoms with E-state index in [4.69, 9.17) is 4.74 Å². The Hall–Kier alpha value is -2.34. The summed E-state index contributed by atoms with van der Waals surface area (Å²) in [4.78, 5) is 31.4. The van der Waals surface area contributed by atoms with Crippen LogP contribution in [0.4, 0.5) is 0 Å². The number of ether oxygens (including phenoxy) is 1. The molecule has 3 rings (SSSR count). The average molecular weight is 457 g/mol. The van der Waals surface area contributed by atoms with Crippen molar-refractivity contribution < 1.29 is 14.3 Å². The molecule has 1 atom stereocenters. The Morgan fingerprint density at radius 2 is 1.88 bits per heavy atom. The van der Waals surface area contributed by atoms with Gasteiger partial charge in [0.15, 0.2) is 0 Å². The van der Waals surface area contributed by atoms with Crippen molar-refractivity contribution in [2.75, 3.05) is 19.7 Å². The first-order valence-electron chi connectivity index (χ1n) is 11.4. The minimum atomic E-state index is -0.418. The number of hydrogen-bond donors (Lipinski definition) is 0. The zero-order valence-electron chi connectivity index (χ0n) is 20.2. The zero-order chi connectivity index (χ0) is 23.5. The standard InChI is InChI=1S/C26H36N2O3S/c1-18(2)15-24(29)28(26(4,5)6)16-25(30)27-13-11-23-21(12-14-32-23)22(27)17-31-20-9-7-19(3)8-10-20/h7-10,12,14,18,22H,11,13,15-17H2,1-6H3/t22-/m1/s1. The lowest BCUT2D eigenvalue weighted by molar-refractivity contribution is -0.147. The molecule has 1 aromatic heterocycles. The van der Waals surface area contributed by atoms with E-state index in [0.29, 0.717) is 19.6 Å². The maximum absolute atomic E-state index is 13.5. The summed E-state index contributed by atoms with van der Waals surface area (Å²) in [5.74, 6) is 1.06. The number of amides is 2. The SMILES string of the molecule is Cc1ccc(OC[C@@H]2c3ccsc3CCN2C(=O)CN(C(=O)CC(C)C)C(C)(C)C)cc1. The summed E-state index contributed by atoms with van der Waals surface area (Å²) in [6.45, 7) is 13.2. The number of carbonyl (C=O) groups excluding carboxylic acids is 2. The summed E-state index contributed by atoms with van der Waals surface area (Å²) in [7, 11) is 0. The second kappa shape index (κ2) is 10.1. The zero-order valence-corrected chi connectivity index (χ0v) is 21.0. The van der Waals surface area contributed by atoms with Gasteiger partial charge in [0.1, 0.15) is 18.9 Å². The molecule has 1 aliphatic heterocycles. The highest BCUT2D eigenvalue weighted by molar-refractivity contribution is 7.10. The summed E-state index contributed by atoms with van der Waals surface area (Å²) in [5.41, 5.74) is 1.93. The third-order valence-corrected chi connectivity index (χ3v) is 6.83.